The van der Waals surface area contributed by atoms with Crippen molar-refractivity contribution in [2.24, 2.45) is 0 Å². The third kappa shape index (κ3) is 3.44. The van der Waals surface area contributed by atoms with Crippen LogP contribution in [0.2, 0.25) is 5.02 Å². The highest BCUT2D eigenvalue weighted by Crippen LogP contribution is 2.39. The summed E-state index contributed by atoms with van der Waals surface area (Å²) in [6.45, 7) is 0. The molecule has 0 bridgehead atoms. The number of aromatic nitrogens is 2. The number of nitrogens with zero attached hydrogens (tertiary/aromatic N) is 2. The van der Waals surface area contributed by atoms with E-state index in [0.717, 1.165) is 27.4 Å². The fourth-order valence-electron chi connectivity index (χ4n) is 1.91. The maximum Gasteiger partial charge on any atom is 0.135 e. The highest BCUT2D eigenvalue weighted by molar-refractivity contribution is 7.98. The van der Waals surface area contributed by atoms with Gasteiger partial charge in [-0.05, 0) is 30.5 Å². The zero-order valence-electron chi connectivity index (χ0n) is 11.3. The number of rotatable bonds is 5. The van der Waals surface area contributed by atoms with Crippen LogP contribution in [-0.4, -0.2) is 17.0 Å². The molecule has 0 radical (unpaired) electrons. The lowest BCUT2D eigenvalue weighted by Gasteiger charge is -2.07. The Labute approximate surface area is 128 Å². The average molecular weight is 306 g/mol. The molecule has 1 fully saturated rings. The van der Waals surface area contributed by atoms with Crippen LogP contribution in [0.15, 0.2) is 35.4 Å². The standard InChI is InChI=1S/C15H16ClN3S/c1-17-13-8-14(19-15(18-13)11-4-5-11)20-9-10-2-6-12(16)7-3-10/h2-3,6-8,11H,4-5,9H2,1H3,(H,17,18,19). The Bertz CT molecular complexity index is 597. The summed E-state index contributed by atoms with van der Waals surface area (Å²) in [5.74, 6) is 3.34. The number of thioether (sulfide) groups is 1. The Morgan fingerprint density at radius 1 is 1.25 bits per heavy atom. The highest BCUT2D eigenvalue weighted by Gasteiger charge is 2.27. The van der Waals surface area contributed by atoms with Gasteiger partial charge in [0.1, 0.15) is 16.7 Å². The third-order valence-electron chi connectivity index (χ3n) is 3.22. The van der Waals surface area contributed by atoms with Crippen molar-refractivity contribution in [3.05, 3.63) is 46.7 Å². The van der Waals surface area contributed by atoms with E-state index in [0.29, 0.717) is 5.92 Å². The zero-order valence-corrected chi connectivity index (χ0v) is 12.8. The van der Waals surface area contributed by atoms with Crippen LogP contribution in [0.25, 0.3) is 0 Å². The number of halogens is 1. The van der Waals surface area contributed by atoms with Gasteiger partial charge in [-0.1, -0.05) is 23.7 Å². The normalized spacial score (nSPS) is 14.3. The van der Waals surface area contributed by atoms with Gasteiger partial charge in [0.15, 0.2) is 0 Å². The van der Waals surface area contributed by atoms with Crippen molar-refractivity contribution in [2.75, 3.05) is 12.4 Å². The summed E-state index contributed by atoms with van der Waals surface area (Å²) in [5.41, 5.74) is 1.25. The maximum absolute atomic E-state index is 5.90. The lowest BCUT2D eigenvalue weighted by atomic mass is 10.2. The Hall–Kier alpha value is -1.26. The van der Waals surface area contributed by atoms with E-state index in [2.05, 4.69) is 27.4 Å². The molecule has 0 aliphatic heterocycles. The summed E-state index contributed by atoms with van der Waals surface area (Å²) in [7, 11) is 1.90. The molecule has 1 aliphatic rings. The monoisotopic (exact) mass is 305 g/mol. The van der Waals surface area contributed by atoms with Crippen LogP contribution < -0.4 is 5.32 Å². The van der Waals surface area contributed by atoms with Gasteiger partial charge in [0.25, 0.3) is 0 Å². The van der Waals surface area contributed by atoms with E-state index in [1.165, 1.54) is 18.4 Å². The van der Waals surface area contributed by atoms with Gasteiger partial charge in [-0.2, -0.15) is 0 Å². The molecule has 1 N–H and O–H groups in total. The van der Waals surface area contributed by atoms with Crippen LogP contribution in [0.3, 0.4) is 0 Å². The van der Waals surface area contributed by atoms with Gasteiger partial charge >= 0.3 is 0 Å². The van der Waals surface area contributed by atoms with E-state index in [4.69, 9.17) is 11.6 Å². The van der Waals surface area contributed by atoms with Crippen molar-refractivity contribution in [1.29, 1.82) is 0 Å². The van der Waals surface area contributed by atoms with Gasteiger partial charge in [-0.25, -0.2) is 9.97 Å². The topological polar surface area (TPSA) is 37.8 Å². The molecule has 1 aromatic heterocycles. The molecule has 104 valence electrons. The van der Waals surface area contributed by atoms with Gasteiger partial charge < -0.3 is 5.32 Å². The first kappa shape index (κ1) is 13.7. The van der Waals surface area contributed by atoms with Crippen LogP contribution in [0.1, 0.15) is 30.1 Å². The SMILES string of the molecule is CNc1cc(SCc2ccc(Cl)cc2)nc(C2CC2)n1. The minimum absolute atomic E-state index is 0.568. The van der Waals surface area contributed by atoms with Gasteiger partial charge in [0.05, 0.1) is 0 Å². The molecule has 0 unspecified atom stereocenters. The van der Waals surface area contributed by atoms with Crippen LogP contribution >= 0.6 is 23.4 Å². The summed E-state index contributed by atoms with van der Waals surface area (Å²) in [6.07, 6.45) is 2.43. The minimum Gasteiger partial charge on any atom is -0.373 e. The van der Waals surface area contributed by atoms with E-state index in [1.807, 2.05) is 25.2 Å². The van der Waals surface area contributed by atoms with Crippen LogP contribution in [-0.2, 0) is 5.75 Å². The largest absolute Gasteiger partial charge is 0.373 e. The first-order valence-corrected chi connectivity index (χ1v) is 8.05. The summed E-state index contributed by atoms with van der Waals surface area (Å²) < 4.78 is 0. The molecule has 20 heavy (non-hydrogen) atoms. The molecule has 0 saturated heterocycles. The molecule has 0 spiro atoms. The number of hydrogen-bond donors (Lipinski definition) is 1. The van der Waals surface area contributed by atoms with Crippen molar-refractivity contribution in [3.63, 3.8) is 0 Å². The van der Waals surface area contributed by atoms with Gasteiger partial charge in [-0.3, -0.25) is 0 Å². The highest BCUT2D eigenvalue weighted by atomic mass is 35.5. The summed E-state index contributed by atoms with van der Waals surface area (Å²) >= 11 is 7.63. The van der Waals surface area contributed by atoms with Crippen molar-refractivity contribution in [3.8, 4) is 0 Å². The first-order valence-electron chi connectivity index (χ1n) is 6.68. The maximum atomic E-state index is 5.90. The third-order valence-corrected chi connectivity index (χ3v) is 4.45. The summed E-state index contributed by atoms with van der Waals surface area (Å²) in [6, 6.07) is 9.96. The first-order chi connectivity index (χ1) is 9.74. The molecule has 1 aromatic carbocycles. The number of anilines is 1. The van der Waals surface area contributed by atoms with E-state index in [1.54, 1.807) is 11.8 Å². The molecule has 5 heteroatoms. The smallest absolute Gasteiger partial charge is 0.135 e. The molecule has 0 amide bonds. The average Bonchev–Trinajstić information content (AvgIpc) is 3.31. The molecule has 3 nitrogen and oxygen atoms in total. The molecule has 3 rings (SSSR count). The van der Waals surface area contributed by atoms with Crippen LogP contribution in [0, 0.1) is 0 Å². The van der Waals surface area contributed by atoms with E-state index >= 15 is 0 Å². The summed E-state index contributed by atoms with van der Waals surface area (Å²) in [5, 5.41) is 4.92. The minimum atomic E-state index is 0.568. The fourth-order valence-corrected chi connectivity index (χ4v) is 2.89. The second kappa shape index (κ2) is 6.02. The number of nitrogens with one attached hydrogen (secondary N) is 1. The molecule has 1 heterocycles. The van der Waals surface area contributed by atoms with Crippen LogP contribution in [0.4, 0.5) is 5.82 Å². The molecular weight excluding hydrogens is 290 g/mol. The van der Waals surface area contributed by atoms with Crippen molar-refractivity contribution in [2.45, 2.75) is 29.5 Å². The van der Waals surface area contributed by atoms with Gasteiger partial charge in [0.2, 0.25) is 0 Å². The number of benzene rings is 1. The zero-order chi connectivity index (χ0) is 13.9. The van der Waals surface area contributed by atoms with Gasteiger partial charge in [-0.15, -0.1) is 11.8 Å². The molecule has 0 atom stereocenters. The van der Waals surface area contributed by atoms with E-state index < -0.39 is 0 Å². The quantitative estimate of drug-likeness (QED) is 0.658. The van der Waals surface area contributed by atoms with Crippen molar-refractivity contribution in [1.82, 2.24) is 9.97 Å². The van der Waals surface area contributed by atoms with E-state index in [9.17, 15) is 0 Å². The molecule has 1 saturated carbocycles. The molecule has 1 aliphatic carbocycles. The molecular formula is C15H16ClN3S. The van der Waals surface area contributed by atoms with Gasteiger partial charge in [0, 0.05) is 29.8 Å². The summed E-state index contributed by atoms with van der Waals surface area (Å²) in [4.78, 5) is 9.19. The van der Waals surface area contributed by atoms with E-state index in [-0.39, 0.29) is 0 Å². The lowest BCUT2D eigenvalue weighted by molar-refractivity contribution is 0.880. The fraction of sp³-hybridized carbons (Fsp3) is 0.333. The predicted octanol–water partition coefficient (Wildman–Crippen LogP) is 4.34. The van der Waals surface area contributed by atoms with Crippen molar-refractivity contribution < 1.29 is 0 Å². The van der Waals surface area contributed by atoms with Crippen LogP contribution in [0.5, 0.6) is 0 Å². The Kier molecular flexibility index (Phi) is 4.13. The second-order valence-corrected chi connectivity index (χ2v) is 6.32. The second-order valence-electron chi connectivity index (χ2n) is 4.89. The Morgan fingerprint density at radius 3 is 2.65 bits per heavy atom. The predicted molar refractivity (Wildman–Crippen MR) is 84.6 cm³/mol. The van der Waals surface area contributed by atoms with Crippen molar-refractivity contribution >= 4 is 29.2 Å². The Balaban J connectivity index is 1.72. The molecule has 2 aromatic rings. The Morgan fingerprint density at radius 2 is 2.00 bits per heavy atom. The number of hydrogen-bond acceptors (Lipinski definition) is 4. The lowest BCUT2D eigenvalue weighted by Crippen LogP contribution is -2.00.